The molecule has 1 aliphatic carbocycles. The number of amides is 1. The molecule has 1 saturated heterocycles. The van der Waals surface area contributed by atoms with E-state index in [1.807, 2.05) is 0 Å². The van der Waals surface area contributed by atoms with Crippen molar-refractivity contribution >= 4 is 18.3 Å². The summed E-state index contributed by atoms with van der Waals surface area (Å²) in [7, 11) is 0. The monoisotopic (exact) mass is 324 g/mol. The summed E-state index contributed by atoms with van der Waals surface area (Å²) in [6, 6.07) is 8.79. The average molecular weight is 325 g/mol. The molecule has 0 aromatic heterocycles. The van der Waals surface area contributed by atoms with Crippen molar-refractivity contribution in [2.45, 2.75) is 37.6 Å². The number of benzene rings is 1. The lowest BCUT2D eigenvalue weighted by Crippen LogP contribution is -2.44. The SMILES string of the molecule is Cl.O=C(CC1COCCN1)NCC1CCCc2ccccc21. The van der Waals surface area contributed by atoms with Crippen LogP contribution in [-0.4, -0.2) is 38.3 Å². The van der Waals surface area contributed by atoms with Gasteiger partial charge in [-0.15, -0.1) is 12.4 Å². The largest absolute Gasteiger partial charge is 0.378 e. The first-order valence-electron chi connectivity index (χ1n) is 7.98. The highest BCUT2D eigenvalue weighted by Crippen LogP contribution is 2.30. The smallest absolute Gasteiger partial charge is 0.221 e. The van der Waals surface area contributed by atoms with E-state index in [0.29, 0.717) is 18.9 Å². The summed E-state index contributed by atoms with van der Waals surface area (Å²) in [5.74, 6) is 0.593. The molecule has 0 saturated carbocycles. The Kier molecular flexibility index (Phi) is 6.68. The Labute approximate surface area is 138 Å². The Morgan fingerprint density at radius 2 is 2.23 bits per heavy atom. The van der Waals surface area contributed by atoms with E-state index in [-0.39, 0.29) is 24.4 Å². The van der Waals surface area contributed by atoms with E-state index in [4.69, 9.17) is 4.74 Å². The molecule has 4 nitrogen and oxygen atoms in total. The van der Waals surface area contributed by atoms with Crippen molar-refractivity contribution < 1.29 is 9.53 Å². The van der Waals surface area contributed by atoms with Crippen LogP contribution in [0.4, 0.5) is 0 Å². The van der Waals surface area contributed by atoms with E-state index in [1.54, 1.807) is 0 Å². The van der Waals surface area contributed by atoms with Crippen molar-refractivity contribution in [1.29, 1.82) is 0 Å². The molecule has 2 atom stereocenters. The third kappa shape index (κ3) is 4.45. The number of hydrogen-bond donors (Lipinski definition) is 2. The maximum absolute atomic E-state index is 12.1. The van der Waals surface area contributed by atoms with Gasteiger partial charge in [-0.3, -0.25) is 4.79 Å². The van der Waals surface area contributed by atoms with Crippen LogP contribution in [0.25, 0.3) is 0 Å². The average Bonchev–Trinajstić information content (AvgIpc) is 2.54. The zero-order chi connectivity index (χ0) is 14.5. The van der Waals surface area contributed by atoms with Crippen molar-refractivity contribution in [1.82, 2.24) is 10.6 Å². The molecule has 0 spiro atoms. The maximum Gasteiger partial charge on any atom is 0.221 e. The van der Waals surface area contributed by atoms with Crippen LogP contribution in [0.15, 0.2) is 24.3 Å². The van der Waals surface area contributed by atoms with E-state index >= 15 is 0 Å². The van der Waals surface area contributed by atoms with Crippen LogP contribution in [0, 0.1) is 0 Å². The fourth-order valence-corrected chi connectivity index (χ4v) is 3.35. The van der Waals surface area contributed by atoms with Gasteiger partial charge in [0.15, 0.2) is 0 Å². The maximum atomic E-state index is 12.1. The number of nitrogens with one attached hydrogen (secondary N) is 2. The van der Waals surface area contributed by atoms with E-state index in [0.717, 1.165) is 19.7 Å². The van der Waals surface area contributed by atoms with Gasteiger partial charge in [0.2, 0.25) is 5.91 Å². The van der Waals surface area contributed by atoms with Crippen LogP contribution in [0.2, 0.25) is 0 Å². The molecule has 2 N–H and O–H groups in total. The third-order valence-electron chi connectivity index (χ3n) is 4.47. The number of hydrogen-bond acceptors (Lipinski definition) is 3. The molecule has 3 rings (SSSR count). The highest BCUT2D eigenvalue weighted by molar-refractivity contribution is 5.85. The molecule has 122 valence electrons. The van der Waals surface area contributed by atoms with E-state index in [1.165, 1.54) is 30.4 Å². The van der Waals surface area contributed by atoms with Crippen molar-refractivity contribution in [3.8, 4) is 0 Å². The summed E-state index contributed by atoms with van der Waals surface area (Å²) in [4.78, 5) is 12.1. The van der Waals surface area contributed by atoms with Gasteiger partial charge in [0.1, 0.15) is 0 Å². The van der Waals surface area contributed by atoms with Gasteiger partial charge < -0.3 is 15.4 Å². The Morgan fingerprint density at radius 1 is 1.36 bits per heavy atom. The van der Waals surface area contributed by atoms with Crippen LogP contribution in [0.1, 0.15) is 36.3 Å². The molecule has 1 aromatic rings. The fraction of sp³-hybridized carbons (Fsp3) is 0.588. The lowest BCUT2D eigenvalue weighted by Gasteiger charge is -2.27. The number of halogens is 1. The lowest BCUT2D eigenvalue weighted by atomic mass is 9.83. The standard InChI is InChI=1S/C17H24N2O2.ClH/c20-17(10-15-12-21-9-8-18-15)19-11-14-6-3-5-13-4-1-2-7-16(13)14;/h1-2,4,7,14-15,18H,3,5-6,8-12H2,(H,19,20);1H. The van der Waals surface area contributed by atoms with Crippen LogP contribution in [0.3, 0.4) is 0 Å². The summed E-state index contributed by atoms with van der Waals surface area (Å²) < 4.78 is 5.38. The molecular weight excluding hydrogens is 300 g/mol. The Balaban J connectivity index is 0.00000176. The predicted octanol–water partition coefficient (Wildman–Crippen LogP) is 2.02. The lowest BCUT2D eigenvalue weighted by molar-refractivity contribution is -0.122. The van der Waals surface area contributed by atoms with Crippen molar-refractivity contribution in [3.05, 3.63) is 35.4 Å². The molecule has 1 aromatic carbocycles. The summed E-state index contributed by atoms with van der Waals surface area (Å²) in [5.41, 5.74) is 2.87. The first kappa shape index (κ1) is 17.3. The number of rotatable bonds is 4. The predicted molar refractivity (Wildman–Crippen MR) is 89.6 cm³/mol. The highest BCUT2D eigenvalue weighted by Gasteiger charge is 2.21. The van der Waals surface area contributed by atoms with Crippen LogP contribution in [0.5, 0.6) is 0 Å². The molecule has 2 unspecified atom stereocenters. The van der Waals surface area contributed by atoms with Gasteiger partial charge in [-0.05, 0) is 30.4 Å². The topological polar surface area (TPSA) is 50.4 Å². The minimum absolute atomic E-state index is 0. The number of carbonyl (C=O) groups excluding carboxylic acids is 1. The normalized spacial score (nSPS) is 24.0. The summed E-state index contributed by atoms with van der Waals surface area (Å²) in [6.07, 6.45) is 4.07. The van der Waals surface area contributed by atoms with Crippen molar-refractivity contribution in [2.24, 2.45) is 0 Å². The fourth-order valence-electron chi connectivity index (χ4n) is 3.35. The Hall–Kier alpha value is -1.10. The summed E-state index contributed by atoms with van der Waals surface area (Å²) in [5, 5.41) is 6.42. The van der Waals surface area contributed by atoms with Gasteiger partial charge in [-0.25, -0.2) is 0 Å². The number of carbonyl (C=O) groups is 1. The highest BCUT2D eigenvalue weighted by atomic mass is 35.5. The third-order valence-corrected chi connectivity index (χ3v) is 4.47. The number of morpholine rings is 1. The summed E-state index contributed by atoms with van der Waals surface area (Å²) >= 11 is 0. The minimum Gasteiger partial charge on any atom is -0.378 e. The van der Waals surface area contributed by atoms with E-state index in [2.05, 4.69) is 34.9 Å². The second-order valence-corrected chi connectivity index (χ2v) is 6.02. The first-order valence-corrected chi connectivity index (χ1v) is 7.98. The Morgan fingerprint density at radius 3 is 3.05 bits per heavy atom. The minimum atomic E-state index is 0. The molecule has 22 heavy (non-hydrogen) atoms. The zero-order valence-corrected chi connectivity index (χ0v) is 13.7. The van der Waals surface area contributed by atoms with Gasteiger partial charge in [-0.2, -0.15) is 0 Å². The van der Waals surface area contributed by atoms with Crippen LogP contribution in [-0.2, 0) is 16.0 Å². The van der Waals surface area contributed by atoms with Gasteiger partial charge in [0, 0.05) is 31.5 Å². The van der Waals surface area contributed by atoms with Crippen LogP contribution >= 0.6 is 12.4 Å². The molecular formula is C17H25ClN2O2. The quantitative estimate of drug-likeness (QED) is 0.891. The molecule has 0 radical (unpaired) electrons. The second-order valence-electron chi connectivity index (χ2n) is 6.02. The van der Waals surface area contributed by atoms with Crippen molar-refractivity contribution in [2.75, 3.05) is 26.3 Å². The molecule has 1 amide bonds. The molecule has 2 aliphatic rings. The summed E-state index contributed by atoms with van der Waals surface area (Å²) in [6.45, 7) is 2.98. The van der Waals surface area contributed by atoms with Gasteiger partial charge >= 0.3 is 0 Å². The van der Waals surface area contributed by atoms with Crippen molar-refractivity contribution in [3.63, 3.8) is 0 Å². The van der Waals surface area contributed by atoms with Gasteiger partial charge in [-0.1, -0.05) is 24.3 Å². The van der Waals surface area contributed by atoms with E-state index < -0.39 is 0 Å². The number of aryl methyl sites for hydroxylation is 1. The second kappa shape index (κ2) is 8.51. The number of fused-ring (bicyclic) bond motifs is 1. The molecule has 1 aliphatic heterocycles. The van der Waals surface area contributed by atoms with Crippen LogP contribution < -0.4 is 10.6 Å². The first-order chi connectivity index (χ1) is 10.3. The molecule has 1 heterocycles. The molecule has 0 bridgehead atoms. The zero-order valence-electron chi connectivity index (χ0n) is 12.8. The van der Waals surface area contributed by atoms with E-state index in [9.17, 15) is 4.79 Å². The van der Waals surface area contributed by atoms with Gasteiger partial charge in [0.05, 0.1) is 13.2 Å². The molecule has 1 fully saturated rings. The Bertz CT molecular complexity index is 489. The molecule has 5 heteroatoms. The number of ether oxygens (including phenoxy) is 1. The van der Waals surface area contributed by atoms with Gasteiger partial charge in [0.25, 0.3) is 0 Å².